The van der Waals surface area contributed by atoms with Crippen LogP contribution in [-0.2, 0) is 9.59 Å². The molecule has 1 saturated heterocycles. The van der Waals surface area contributed by atoms with E-state index in [1.165, 1.54) is 0 Å². The van der Waals surface area contributed by atoms with Gasteiger partial charge in [-0.15, -0.1) is 0 Å². The molecule has 2 atom stereocenters. The molecule has 148 valence electrons. The van der Waals surface area contributed by atoms with Crippen molar-refractivity contribution in [2.24, 2.45) is 11.8 Å². The van der Waals surface area contributed by atoms with Gasteiger partial charge in [0.2, 0.25) is 11.8 Å². The summed E-state index contributed by atoms with van der Waals surface area (Å²) in [4.78, 5) is 39.4. The van der Waals surface area contributed by atoms with Crippen LogP contribution < -0.4 is 10.6 Å². The Balaban J connectivity index is 2.06. The molecule has 1 aromatic rings. The first-order valence-electron chi connectivity index (χ1n) is 9.46. The maximum Gasteiger partial charge on any atom is 0.251 e. The minimum atomic E-state index is -0.638. The Morgan fingerprint density at radius 2 is 1.89 bits per heavy atom. The quantitative estimate of drug-likeness (QED) is 0.779. The van der Waals surface area contributed by atoms with Crippen LogP contribution >= 0.6 is 11.6 Å². The first-order chi connectivity index (χ1) is 12.8. The molecule has 1 fully saturated rings. The Labute approximate surface area is 165 Å². The van der Waals surface area contributed by atoms with Gasteiger partial charge in [-0.2, -0.15) is 0 Å². The molecule has 1 heterocycles. The van der Waals surface area contributed by atoms with Crippen LogP contribution in [0.3, 0.4) is 0 Å². The third-order valence-electron chi connectivity index (χ3n) is 4.78. The van der Waals surface area contributed by atoms with Gasteiger partial charge in [-0.3, -0.25) is 14.4 Å². The molecule has 7 heteroatoms. The van der Waals surface area contributed by atoms with Gasteiger partial charge in [-0.25, -0.2) is 0 Å². The monoisotopic (exact) mass is 393 g/mol. The molecular formula is C20H28ClN3O3. The number of carbonyl (C=O) groups is 3. The molecule has 2 rings (SSSR count). The number of likely N-dealkylation sites (tertiary alicyclic amines) is 1. The van der Waals surface area contributed by atoms with Crippen molar-refractivity contribution < 1.29 is 14.4 Å². The molecule has 1 aliphatic rings. The van der Waals surface area contributed by atoms with Crippen molar-refractivity contribution in [3.63, 3.8) is 0 Å². The van der Waals surface area contributed by atoms with Crippen LogP contribution in [-0.4, -0.2) is 48.3 Å². The zero-order valence-corrected chi connectivity index (χ0v) is 16.9. The fraction of sp³-hybridized carbons (Fsp3) is 0.550. The molecule has 0 saturated carbocycles. The third-order valence-corrected chi connectivity index (χ3v) is 5.03. The number of piperidine rings is 1. The zero-order valence-electron chi connectivity index (χ0n) is 16.1. The largest absolute Gasteiger partial charge is 0.356 e. The summed E-state index contributed by atoms with van der Waals surface area (Å²) in [6.45, 7) is 7.26. The van der Waals surface area contributed by atoms with Gasteiger partial charge in [0.1, 0.15) is 6.04 Å². The maximum absolute atomic E-state index is 13.0. The van der Waals surface area contributed by atoms with Gasteiger partial charge < -0.3 is 15.5 Å². The molecule has 0 radical (unpaired) electrons. The summed E-state index contributed by atoms with van der Waals surface area (Å²) in [5.41, 5.74) is 0.455. The minimum absolute atomic E-state index is 0.0127. The van der Waals surface area contributed by atoms with Gasteiger partial charge in [0.05, 0.1) is 5.92 Å². The summed E-state index contributed by atoms with van der Waals surface area (Å²) in [5, 5.41) is 6.22. The molecule has 27 heavy (non-hydrogen) atoms. The predicted molar refractivity (Wildman–Crippen MR) is 106 cm³/mol. The van der Waals surface area contributed by atoms with E-state index in [1.54, 1.807) is 29.2 Å². The van der Waals surface area contributed by atoms with E-state index < -0.39 is 6.04 Å². The van der Waals surface area contributed by atoms with Crippen LogP contribution in [0.1, 0.15) is 44.0 Å². The van der Waals surface area contributed by atoms with Crippen LogP contribution in [0.25, 0.3) is 0 Å². The molecular weight excluding hydrogens is 366 g/mol. The number of nitrogens with zero attached hydrogens (tertiary/aromatic N) is 1. The van der Waals surface area contributed by atoms with Crippen molar-refractivity contribution in [2.75, 3.05) is 19.6 Å². The molecule has 3 amide bonds. The normalized spacial score (nSPS) is 18.1. The summed E-state index contributed by atoms with van der Waals surface area (Å²) in [6, 6.07) is 5.91. The standard InChI is InChI=1S/C20H28ClN3O3/c1-4-22-18(25)15-6-5-11-24(12-15)20(27)17(13(2)3)23-19(26)14-7-9-16(21)10-8-14/h7-10,13,15,17H,4-6,11-12H2,1-3H3,(H,22,25)(H,23,26). The van der Waals surface area contributed by atoms with E-state index in [9.17, 15) is 14.4 Å². The number of carbonyl (C=O) groups excluding carboxylic acids is 3. The van der Waals surface area contributed by atoms with Crippen LogP contribution in [0.2, 0.25) is 5.02 Å². The number of hydrogen-bond donors (Lipinski definition) is 2. The van der Waals surface area contributed by atoms with E-state index >= 15 is 0 Å². The number of halogens is 1. The first kappa shape index (κ1) is 21.2. The summed E-state index contributed by atoms with van der Waals surface area (Å²) in [5.74, 6) is -0.723. The van der Waals surface area contributed by atoms with E-state index in [4.69, 9.17) is 11.6 Å². The lowest BCUT2D eigenvalue weighted by Gasteiger charge is -2.35. The summed E-state index contributed by atoms with van der Waals surface area (Å²) < 4.78 is 0. The number of amides is 3. The highest BCUT2D eigenvalue weighted by Crippen LogP contribution is 2.19. The van der Waals surface area contributed by atoms with Crippen molar-refractivity contribution in [1.29, 1.82) is 0 Å². The highest BCUT2D eigenvalue weighted by Gasteiger charge is 2.33. The van der Waals surface area contributed by atoms with E-state index in [-0.39, 0.29) is 29.6 Å². The van der Waals surface area contributed by atoms with Gasteiger partial charge in [0.25, 0.3) is 5.91 Å². The smallest absolute Gasteiger partial charge is 0.251 e. The SMILES string of the molecule is CCNC(=O)C1CCCN(C(=O)C(NC(=O)c2ccc(Cl)cc2)C(C)C)C1. The molecule has 0 aliphatic carbocycles. The van der Waals surface area contributed by atoms with Gasteiger partial charge in [-0.1, -0.05) is 25.4 Å². The lowest BCUT2D eigenvalue weighted by Crippen LogP contribution is -2.54. The Kier molecular flexibility index (Phi) is 7.66. The number of rotatable bonds is 6. The number of benzene rings is 1. The van der Waals surface area contributed by atoms with E-state index in [0.29, 0.717) is 30.2 Å². The van der Waals surface area contributed by atoms with Crippen LogP contribution in [0.4, 0.5) is 0 Å². The van der Waals surface area contributed by atoms with Crippen molar-refractivity contribution in [2.45, 2.75) is 39.7 Å². The fourth-order valence-electron chi connectivity index (χ4n) is 3.25. The predicted octanol–water partition coefficient (Wildman–Crippen LogP) is 2.47. The average Bonchev–Trinajstić information content (AvgIpc) is 2.66. The second-order valence-electron chi connectivity index (χ2n) is 7.22. The lowest BCUT2D eigenvalue weighted by atomic mass is 9.95. The Bertz CT molecular complexity index is 676. The van der Waals surface area contributed by atoms with Gasteiger partial charge in [0, 0.05) is 30.2 Å². The molecule has 2 unspecified atom stereocenters. The van der Waals surface area contributed by atoms with Gasteiger partial charge in [-0.05, 0) is 49.9 Å². The highest BCUT2D eigenvalue weighted by molar-refractivity contribution is 6.30. The number of hydrogen-bond acceptors (Lipinski definition) is 3. The molecule has 0 spiro atoms. The maximum atomic E-state index is 13.0. The Morgan fingerprint density at radius 1 is 1.22 bits per heavy atom. The second-order valence-corrected chi connectivity index (χ2v) is 7.66. The molecule has 2 N–H and O–H groups in total. The van der Waals surface area contributed by atoms with Crippen molar-refractivity contribution in [3.8, 4) is 0 Å². The molecule has 1 aromatic carbocycles. The minimum Gasteiger partial charge on any atom is -0.356 e. The lowest BCUT2D eigenvalue weighted by molar-refractivity contribution is -0.138. The molecule has 1 aliphatic heterocycles. The molecule has 0 bridgehead atoms. The third kappa shape index (κ3) is 5.70. The molecule has 6 nitrogen and oxygen atoms in total. The van der Waals surface area contributed by atoms with E-state index in [1.807, 2.05) is 20.8 Å². The zero-order chi connectivity index (χ0) is 20.0. The summed E-state index contributed by atoms with van der Waals surface area (Å²) >= 11 is 5.86. The van der Waals surface area contributed by atoms with Crippen LogP contribution in [0, 0.1) is 11.8 Å². The van der Waals surface area contributed by atoms with Crippen molar-refractivity contribution in [1.82, 2.24) is 15.5 Å². The van der Waals surface area contributed by atoms with Gasteiger partial charge in [0.15, 0.2) is 0 Å². The van der Waals surface area contributed by atoms with E-state index in [0.717, 1.165) is 12.8 Å². The second kappa shape index (κ2) is 9.74. The topological polar surface area (TPSA) is 78.5 Å². The first-order valence-corrected chi connectivity index (χ1v) is 9.84. The number of nitrogens with one attached hydrogen (secondary N) is 2. The average molecular weight is 394 g/mol. The highest BCUT2D eigenvalue weighted by atomic mass is 35.5. The Morgan fingerprint density at radius 3 is 2.48 bits per heavy atom. The van der Waals surface area contributed by atoms with Crippen molar-refractivity contribution >= 4 is 29.3 Å². The van der Waals surface area contributed by atoms with E-state index in [2.05, 4.69) is 10.6 Å². The summed E-state index contributed by atoms with van der Waals surface area (Å²) in [7, 11) is 0. The van der Waals surface area contributed by atoms with Crippen molar-refractivity contribution in [3.05, 3.63) is 34.9 Å². The molecule has 0 aromatic heterocycles. The van der Waals surface area contributed by atoms with Gasteiger partial charge >= 0.3 is 0 Å². The van der Waals surface area contributed by atoms with Crippen LogP contribution in [0.15, 0.2) is 24.3 Å². The Hall–Kier alpha value is -2.08. The summed E-state index contributed by atoms with van der Waals surface area (Å²) in [6.07, 6.45) is 1.56. The van der Waals surface area contributed by atoms with Crippen LogP contribution in [0.5, 0.6) is 0 Å². The fourth-order valence-corrected chi connectivity index (χ4v) is 3.37.